The summed E-state index contributed by atoms with van der Waals surface area (Å²) < 4.78 is 9.89. The van der Waals surface area contributed by atoms with Gasteiger partial charge in [-0.05, 0) is 16.9 Å². The molecule has 15 heteroatoms. The van der Waals surface area contributed by atoms with Crippen LogP contribution >= 0.6 is 21.6 Å². The molecule has 2 fully saturated rings. The molecular formula is C12H21MoO12S2-. The molecule has 2 heterocycles. The van der Waals surface area contributed by atoms with Crippen LogP contribution in [-0.2, 0) is 30.5 Å². The Morgan fingerprint density at radius 1 is 0.815 bits per heavy atom. The van der Waals surface area contributed by atoms with Gasteiger partial charge >= 0.3 is 0 Å². The predicted octanol–water partition coefficient (Wildman–Crippen LogP) is -4.85. The quantitative estimate of drug-likeness (QED) is 0.0716. The summed E-state index contributed by atoms with van der Waals surface area (Å²) in [4.78, 5) is 0. The maximum absolute atomic E-state index is 10.4. The van der Waals surface area contributed by atoms with Gasteiger partial charge in [-0.15, -0.1) is 6.10 Å². The van der Waals surface area contributed by atoms with Crippen LogP contribution in [0, 0.1) is 6.10 Å². The minimum atomic E-state index is -2.73. The molecule has 9 atom stereocenters. The summed E-state index contributed by atoms with van der Waals surface area (Å²) in [6.07, 6.45) is -13.5. The van der Waals surface area contributed by atoms with E-state index in [1.165, 1.54) is 0 Å². The summed E-state index contributed by atoms with van der Waals surface area (Å²) in [7, 11) is 0.274. The van der Waals surface area contributed by atoms with E-state index in [2.05, 4.69) is 0 Å². The molecule has 0 aromatic carbocycles. The standard InChI is InChI=1S/C12H21O12S2.Mo/c13-1-3-5(15)7(17)9(19)11(21,23-3)25-26-12(22)10(20)8(18)6(16)4(2-14)24-12;/h3-9,13-22H,1-2H2;/q-1;/t3-,4-,5-,6-,7+,8+,9-,11?,12?;/m1./s1. The van der Waals surface area contributed by atoms with Crippen LogP contribution in [0.15, 0.2) is 0 Å². The van der Waals surface area contributed by atoms with E-state index in [9.17, 15) is 40.9 Å². The largest absolute Gasteiger partial charge is 0.554 e. The van der Waals surface area contributed by atoms with Crippen molar-refractivity contribution < 1.29 is 81.6 Å². The Hall–Kier alpha value is 0.908. The van der Waals surface area contributed by atoms with Crippen molar-refractivity contribution in [3.05, 3.63) is 6.10 Å². The van der Waals surface area contributed by atoms with E-state index in [-0.39, 0.29) is 42.7 Å². The van der Waals surface area contributed by atoms with Gasteiger partial charge < -0.3 is 60.5 Å². The second kappa shape index (κ2) is 9.81. The molecule has 0 radical (unpaired) electrons. The van der Waals surface area contributed by atoms with E-state index in [0.717, 1.165) is 0 Å². The molecule has 0 bridgehead atoms. The average Bonchev–Trinajstić information content (AvgIpc) is 2.63. The fourth-order valence-corrected chi connectivity index (χ4v) is 4.89. The van der Waals surface area contributed by atoms with Gasteiger partial charge in [-0.3, -0.25) is 0 Å². The van der Waals surface area contributed by atoms with Gasteiger partial charge in [-0.1, -0.05) is 10.8 Å². The van der Waals surface area contributed by atoms with Crippen molar-refractivity contribution in [1.29, 1.82) is 0 Å². The predicted molar refractivity (Wildman–Crippen MR) is 84.2 cm³/mol. The molecule has 2 aliphatic heterocycles. The van der Waals surface area contributed by atoms with E-state index in [1.54, 1.807) is 0 Å². The van der Waals surface area contributed by atoms with Gasteiger partial charge in [0.1, 0.15) is 35.6 Å². The second-order valence-corrected chi connectivity index (χ2v) is 8.28. The average molecular weight is 517 g/mol. The summed E-state index contributed by atoms with van der Waals surface area (Å²) in [5.74, 6) is 0. The molecule has 2 aliphatic rings. The van der Waals surface area contributed by atoms with Crippen LogP contribution in [0.1, 0.15) is 0 Å². The van der Waals surface area contributed by atoms with Gasteiger partial charge in [0.05, 0.1) is 19.3 Å². The monoisotopic (exact) mass is 519 g/mol. The van der Waals surface area contributed by atoms with Crippen molar-refractivity contribution in [3.8, 4) is 0 Å². The van der Waals surface area contributed by atoms with Crippen LogP contribution in [0.4, 0.5) is 0 Å². The van der Waals surface area contributed by atoms with Crippen LogP contribution in [0.3, 0.4) is 0 Å². The van der Waals surface area contributed by atoms with Crippen LogP contribution in [0.25, 0.3) is 0 Å². The summed E-state index contributed by atoms with van der Waals surface area (Å²) in [5, 5.41) is 92.1. The Kier molecular flexibility index (Phi) is 9.43. The topological polar surface area (TPSA) is 221 Å². The Balaban J connectivity index is 0.00000364. The third kappa shape index (κ3) is 4.98. The minimum Gasteiger partial charge on any atom is -0.554 e. The maximum atomic E-state index is 10.4. The van der Waals surface area contributed by atoms with E-state index in [1.807, 2.05) is 0 Å². The SMILES string of the molecule is OC[C@H]1OC(O)(SSC2(O)O[C@H](CO)[C@@H](O)[C@H](O)[C-]2O)[C@H](O)[C@@H](O)[C@@H]1O.[Mo]. The van der Waals surface area contributed by atoms with Crippen molar-refractivity contribution in [3.63, 3.8) is 0 Å². The molecule has 0 aromatic heterocycles. The maximum Gasteiger partial charge on any atom is 0.256 e. The summed E-state index contributed by atoms with van der Waals surface area (Å²) >= 11 is 0. The van der Waals surface area contributed by atoms with Crippen LogP contribution in [0.2, 0.25) is 0 Å². The first-order valence-corrected chi connectivity index (χ1v) is 9.51. The van der Waals surface area contributed by atoms with Crippen molar-refractivity contribution in [2.75, 3.05) is 13.2 Å². The molecule has 0 saturated carbocycles. The van der Waals surface area contributed by atoms with Crippen molar-refractivity contribution in [2.45, 2.75) is 53.0 Å². The molecule has 2 saturated heterocycles. The fourth-order valence-electron chi connectivity index (χ4n) is 2.40. The van der Waals surface area contributed by atoms with Gasteiger partial charge in [0.15, 0.2) is 0 Å². The van der Waals surface area contributed by atoms with Crippen LogP contribution in [-0.4, -0.2) is 117 Å². The molecule has 160 valence electrons. The molecule has 0 spiro atoms. The fraction of sp³-hybridized carbons (Fsp3) is 0.917. The molecule has 2 unspecified atom stereocenters. The summed E-state index contributed by atoms with van der Waals surface area (Å²) in [6, 6.07) is 0. The molecule has 2 rings (SSSR count). The van der Waals surface area contributed by atoms with Gasteiger partial charge in [-0.25, -0.2) is 0 Å². The molecule has 27 heavy (non-hydrogen) atoms. The van der Waals surface area contributed by atoms with E-state index in [0.29, 0.717) is 0 Å². The Morgan fingerprint density at radius 2 is 1.33 bits per heavy atom. The van der Waals surface area contributed by atoms with Gasteiger partial charge in [0.2, 0.25) is 0 Å². The van der Waals surface area contributed by atoms with Crippen molar-refractivity contribution in [1.82, 2.24) is 0 Å². The molecule has 0 amide bonds. The molecule has 0 aromatic rings. The Morgan fingerprint density at radius 3 is 1.85 bits per heavy atom. The zero-order valence-electron chi connectivity index (χ0n) is 13.5. The number of aliphatic hydroxyl groups excluding tert-OH is 8. The molecular weight excluding hydrogens is 496 g/mol. The number of hydrogen-bond donors (Lipinski definition) is 10. The van der Waals surface area contributed by atoms with Crippen molar-refractivity contribution >= 4 is 21.6 Å². The zero-order chi connectivity index (χ0) is 19.9. The van der Waals surface area contributed by atoms with Gasteiger partial charge in [-0.2, -0.15) is 0 Å². The number of rotatable bonds is 5. The van der Waals surface area contributed by atoms with Gasteiger partial charge in [0.25, 0.3) is 5.12 Å². The third-order valence-corrected chi connectivity index (χ3v) is 6.84. The Bertz CT molecular complexity index is 447. The van der Waals surface area contributed by atoms with E-state index >= 15 is 0 Å². The first-order chi connectivity index (χ1) is 12.0. The van der Waals surface area contributed by atoms with E-state index in [4.69, 9.17) is 19.7 Å². The smallest absolute Gasteiger partial charge is 0.256 e. The number of hydrogen-bond acceptors (Lipinski definition) is 14. The molecule has 10 N–H and O–H groups in total. The molecule has 12 nitrogen and oxygen atoms in total. The number of ether oxygens (including phenoxy) is 2. The van der Waals surface area contributed by atoms with Crippen LogP contribution < -0.4 is 0 Å². The Labute approximate surface area is 175 Å². The first-order valence-electron chi connectivity index (χ1n) is 7.36. The van der Waals surface area contributed by atoms with E-state index < -0.39 is 72.3 Å². The third-order valence-electron chi connectivity index (χ3n) is 4.00. The molecule has 0 aliphatic carbocycles. The van der Waals surface area contributed by atoms with Crippen LogP contribution in [0.5, 0.6) is 0 Å². The number of aliphatic hydroxyl groups is 10. The summed E-state index contributed by atoms with van der Waals surface area (Å²) in [6.45, 7) is -1.63. The first kappa shape index (κ1) is 25.9. The zero-order valence-corrected chi connectivity index (χ0v) is 17.1. The van der Waals surface area contributed by atoms with Gasteiger partial charge in [0, 0.05) is 21.1 Å². The second-order valence-electron chi connectivity index (χ2n) is 5.80. The normalized spacial score (nSPS) is 48.9. The summed E-state index contributed by atoms with van der Waals surface area (Å²) in [5.41, 5.74) is 0. The minimum absolute atomic E-state index is 0. The van der Waals surface area contributed by atoms with Crippen molar-refractivity contribution in [2.24, 2.45) is 0 Å².